The molecule has 1 fully saturated rings. The maximum absolute atomic E-state index is 12.3. The lowest BCUT2D eigenvalue weighted by Gasteiger charge is -2.45. The SMILES string of the molecule is CC1CCC(C2(C(=O)O)CCOc3ccccc32)CC1C. The molecule has 1 aromatic carbocycles. The minimum absolute atomic E-state index is 0.214. The molecule has 1 N–H and O–H groups in total. The number of hydrogen-bond acceptors (Lipinski definition) is 2. The third kappa shape index (κ3) is 2.23. The summed E-state index contributed by atoms with van der Waals surface area (Å²) in [6.07, 6.45) is 3.73. The Kier molecular flexibility index (Phi) is 3.68. The Hall–Kier alpha value is -1.51. The molecule has 0 bridgehead atoms. The second-order valence-corrected chi connectivity index (χ2v) is 6.84. The third-order valence-corrected chi connectivity index (χ3v) is 5.80. The van der Waals surface area contributed by atoms with Gasteiger partial charge in [-0.15, -0.1) is 0 Å². The topological polar surface area (TPSA) is 46.5 Å². The molecule has 1 saturated carbocycles. The van der Waals surface area contributed by atoms with Crippen molar-refractivity contribution in [1.29, 1.82) is 0 Å². The van der Waals surface area contributed by atoms with Crippen LogP contribution in [0, 0.1) is 17.8 Å². The Balaban J connectivity index is 2.04. The van der Waals surface area contributed by atoms with E-state index in [2.05, 4.69) is 13.8 Å². The Morgan fingerprint density at radius 1 is 1.24 bits per heavy atom. The maximum atomic E-state index is 12.3. The van der Waals surface area contributed by atoms with Crippen molar-refractivity contribution in [3.8, 4) is 5.75 Å². The molecule has 0 amide bonds. The fourth-order valence-corrected chi connectivity index (χ4v) is 4.23. The number of para-hydroxylation sites is 1. The molecule has 3 heteroatoms. The average molecular weight is 288 g/mol. The van der Waals surface area contributed by atoms with Crippen LogP contribution >= 0.6 is 0 Å². The summed E-state index contributed by atoms with van der Waals surface area (Å²) in [5.74, 6) is 1.59. The second-order valence-electron chi connectivity index (χ2n) is 6.84. The number of aliphatic carboxylic acids is 1. The van der Waals surface area contributed by atoms with Crippen LogP contribution in [0.15, 0.2) is 24.3 Å². The van der Waals surface area contributed by atoms with Crippen LogP contribution in [0.1, 0.15) is 45.1 Å². The second kappa shape index (κ2) is 5.36. The molecule has 4 unspecified atom stereocenters. The van der Waals surface area contributed by atoms with E-state index in [1.807, 2.05) is 24.3 Å². The summed E-state index contributed by atoms with van der Waals surface area (Å²) in [6.45, 7) is 5.05. The molecule has 3 rings (SSSR count). The molecular weight excluding hydrogens is 264 g/mol. The highest BCUT2D eigenvalue weighted by molar-refractivity contribution is 5.83. The van der Waals surface area contributed by atoms with Crippen molar-refractivity contribution in [3.63, 3.8) is 0 Å². The third-order valence-electron chi connectivity index (χ3n) is 5.80. The molecule has 1 heterocycles. The molecule has 3 nitrogen and oxygen atoms in total. The van der Waals surface area contributed by atoms with E-state index in [9.17, 15) is 9.90 Å². The summed E-state index contributed by atoms with van der Waals surface area (Å²) in [7, 11) is 0. The van der Waals surface area contributed by atoms with Crippen LogP contribution in [-0.4, -0.2) is 17.7 Å². The van der Waals surface area contributed by atoms with Crippen LogP contribution in [0.5, 0.6) is 5.75 Å². The van der Waals surface area contributed by atoms with Crippen LogP contribution in [-0.2, 0) is 10.2 Å². The number of hydrogen-bond donors (Lipinski definition) is 1. The van der Waals surface area contributed by atoms with Gasteiger partial charge in [-0.25, -0.2) is 0 Å². The van der Waals surface area contributed by atoms with Gasteiger partial charge in [-0.3, -0.25) is 4.79 Å². The summed E-state index contributed by atoms with van der Waals surface area (Å²) in [6, 6.07) is 7.70. The van der Waals surface area contributed by atoms with E-state index in [-0.39, 0.29) is 5.92 Å². The Labute approximate surface area is 126 Å². The smallest absolute Gasteiger partial charge is 0.314 e. The summed E-state index contributed by atoms with van der Waals surface area (Å²) in [5, 5.41) is 10.1. The van der Waals surface area contributed by atoms with Crippen molar-refractivity contribution in [2.45, 2.75) is 44.9 Å². The summed E-state index contributed by atoms with van der Waals surface area (Å²) >= 11 is 0. The Bertz CT molecular complexity index is 539. The maximum Gasteiger partial charge on any atom is 0.314 e. The van der Waals surface area contributed by atoms with E-state index < -0.39 is 11.4 Å². The zero-order valence-electron chi connectivity index (χ0n) is 12.8. The van der Waals surface area contributed by atoms with Crippen LogP contribution < -0.4 is 4.74 Å². The molecule has 0 saturated heterocycles. The molecule has 1 aromatic rings. The number of carboxylic acids is 1. The molecule has 2 aliphatic rings. The largest absolute Gasteiger partial charge is 0.493 e. The molecule has 0 radical (unpaired) electrons. The van der Waals surface area contributed by atoms with Gasteiger partial charge in [-0.05, 0) is 36.7 Å². The Morgan fingerprint density at radius 2 is 2.00 bits per heavy atom. The highest BCUT2D eigenvalue weighted by atomic mass is 16.5. The highest BCUT2D eigenvalue weighted by Crippen LogP contribution is 2.50. The minimum Gasteiger partial charge on any atom is -0.493 e. The molecule has 0 aromatic heterocycles. The number of carbonyl (C=O) groups is 1. The van der Waals surface area contributed by atoms with Gasteiger partial charge in [0.2, 0.25) is 0 Å². The molecule has 114 valence electrons. The zero-order valence-corrected chi connectivity index (χ0v) is 12.8. The van der Waals surface area contributed by atoms with Crippen molar-refractivity contribution in [2.75, 3.05) is 6.61 Å². The van der Waals surface area contributed by atoms with Crippen molar-refractivity contribution in [3.05, 3.63) is 29.8 Å². The van der Waals surface area contributed by atoms with Crippen LogP contribution in [0.4, 0.5) is 0 Å². The number of benzene rings is 1. The van der Waals surface area contributed by atoms with Crippen molar-refractivity contribution in [2.24, 2.45) is 17.8 Å². The number of ether oxygens (including phenoxy) is 1. The van der Waals surface area contributed by atoms with E-state index in [0.29, 0.717) is 24.9 Å². The predicted molar refractivity (Wildman–Crippen MR) is 81.5 cm³/mol. The van der Waals surface area contributed by atoms with E-state index in [4.69, 9.17) is 4.74 Å². The number of fused-ring (bicyclic) bond motifs is 1. The van der Waals surface area contributed by atoms with Gasteiger partial charge < -0.3 is 9.84 Å². The van der Waals surface area contributed by atoms with Crippen LogP contribution in [0.2, 0.25) is 0 Å². The van der Waals surface area contributed by atoms with Gasteiger partial charge >= 0.3 is 5.97 Å². The quantitative estimate of drug-likeness (QED) is 0.898. The highest BCUT2D eigenvalue weighted by Gasteiger charge is 2.51. The molecular formula is C18H24O3. The van der Waals surface area contributed by atoms with Gasteiger partial charge in [0.1, 0.15) is 11.2 Å². The molecule has 4 atom stereocenters. The van der Waals surface area contributed by atoms with E-state index in [0.717, 1.165) is 30.6 Å². The van der Waals surface area contributed by atoms with Gasteiger partial charge in [0.25, 0.3) is 0 Å². The predicted octanol–water partition coefficient (Wildman–Crippen LogP) is 3.86. The first kappa shape index (κ1) is 14.4. The summed E-state index contributed by atoms with van der Waals surface area (Å²) in [5.41, 5.74) is 0.124. The number of rotatable bonds is 2. The van der Waals surface area contributed by atoms with Crippen LogP contribution in [0.3, 0.4) is 0 Å². The lowest BCUT2D eigenvalue weighted by molar-refractivity contribution is -0.149. The lowest BCUT2D eigenvalue weighted by Crippen LogP contribution is -2.48. The van der Waals surface area contributed by atoms with Crippen molar-refractivity contribution < 1.29 is 14.6 Å². The first-order chi connectivity index (χ1) is 10.1. The van der Waals surface area contributed by atoms with Gasteiger partial charge in [-0.1, -0.05) is 38.5 Å². The van der Waals surface area contributed by atoms with E-state index in [1.165, 1.54) is 0 Å². The fraction of sp³-hybridized carbons (Fsp3) is 0.611. The fourth-order valence-electron chi connectivity index (χ4n) is 4.23. The van der Waals surface area contributed by atoms with E-state index >= 15 is 0 Å². The molecule has 1 aliphatic carbocycles. The van der Waals surface area contributed by atoms with Gasteiger partial charge in [0, 0.05) is 12.0 Å². The Morgan fingerprint density at radius 3 is 2.71 bits per heavy atom. The zero-order chi connectivity index (χ0) is 15.0. The first-order valence-electron chi connectivity index (χ1n) is 8.01. The van der Waals surface area contributed by atoms with Crippen molar-refractivity contribution >= 4 is 5.97 Å². The van der Waals surface area contributed by atoms with Gasteiger partial charge in [0.15, 0.2) is 0 Å². The monoisotopic (exact) mass is 288 g/mol. The summed E-state index contributed by atoms with van der Waals surface area (Å²) in [4.78, 5) is 12.3. The standard InChI is InChI=1S/C18H24O3/c1-12-7-8-14(11-13(12)2)18(17(19)20)9-10-21-16-6-4-3-5-15(16)18/h3-6,12-14H,7-11H2,1-2H3,(H,19,20). The van der Waals surface area contributed by atoms with Crippen LogP contribution in [0.25, 0.3) is 0 Å². The van der Waals surface area contributed by atoms with Crippen molar-refractivity contribution in [1.82, 2.24) is 0 Å². The lowest BCUT2D eigenvalue weighted by atomic mass is 9.59. The average Bonchev–Trinajstić information content (AvgIpc) is 2.49. The van der Waals surface area contributed by atoms with E-state index in [1.54, 1.807) is 0 Å². The number of carboxylic acid groups (broad SMARTS) is 1. The van der Waals surface area contributed by atoms with Gasteiger partial charge in [0.05, 0.1) is 6.61 Å². The summed E-state index contributed by atoms with van der Waals surface area (Å²) < 4.78 is 5.70. The minimum atomic E-state index is -0.761. The molecule has 0 spiro atoms. The first-order valence-corrected chi connectivity index (χ1v) is 8.01. The van der Waals surface area contributed by atoms with Gasteiger partial charge in [-0.2, -0.15) is 0 Å². The molecule has 21 heavy (non-hydrogen) atoms. The normalized spacial score (nSPS) is 35.6. The molecule has 1 aliphatic heterocycles.